The van der Waals surface area contributed by atoms with Crippen molar-refractivity contribution in [2.24, 2.45) is 11.3 Å². The van der Waals surface area contributed by atoms with Gasteiger partial charge in [0.15, 0.2) is 0 Å². The van der Waals surface area contributed by atoms with Crippen LogP contribution in [0.25, 0.3) is 0 Å². The molecule has 0 amide bonds. The summed E-state index contributed by atoms with van der Waals surface area (Å²) in [7, 11) is 0. The van der Waals surface area contributed by atoms with Crippen molar-refractivity contribution in [3.8, 4) is 0 Å². The Balaban J connectivity index is 1.81. The fourth-order valence-electron chi connectivity index (χ4n) is 2.47. The fourth-order valence-corrected chi connectivity index (χ4v) is 2.47. The minimum atomic E-state index is 0.672. The Morgan fingerprint density at radius 2 is 2.08 bits per heavy atom. The van der Waals surface area contributed by atoms with Crippen molar-refractivity contribution in [3.05, 3.63) is 0 Å². The van der Waals surface area contributed by atoms with Gasteiger partial charge in [-0.1, -0.05) is 33.1 Å². The molecule has 1 unspecified atom stereocenters. The SMILES string of the molecule is CCNC(CC1CCC1)C1(C)CC1. The zero-order valence-corrected chi connectivity index (χ0v) is 9.10. The summed E-state index contributed by atoms with van der Waals surface area (Å²) in [6, 6.07) is 0.822. The molecule has 13 heavy (non-hydrogen) atoms. The first-order valence-electron chi connectivity index (χ1n) is 5.98. The Kier molecular flexibility index (Phi) is 2.64. The summed E-state index contributed by atoms with van der Waals surface area (Å²) in [6.45, 7) is 5.84. The number of hydrogen-bond acceptors (Lipinski definition) is 1. The Labute approximate surface area is 82.3 Å². The predicted molar refractivity (Wildman–Crippen MR) is 56.8 cm³/mol. The van der Waals surface area contributed by atoms with Crippen LogP contribution < -0.4 is 5.32 Å². The van der Waals surface area contributed by atoms with E-state index >= 15 is 0 Å². The third-order valence-corrected chi connectivity index (χ3v) is 4.12. The van der Waals surface area contributed by atoms with Crippen molar-refractivity contribution < 1.29 is 0 Å². The maximum Gasteiger partial charge on any atom is 0.0123 e. The number of hydrogen-bond donors (Lipinski definition) is 1. The van der Waals surface area contributed by atoms with E-state index in [2.05, 4.69) is 19.2 Å². The van der Waals surface area contributed by atoms with Gasteiger partial charge in [0.2, 0.25) is 0 Å². The molecule has 0 aromatic heterocycles. The first kappa shape index (κ1) is 9.51. The van der Waals surface area contributed by atoms with E-state index in [0.717, 1.165) is 18.5 Å². The second-order valence-corrected chi connectivity index (χ2v) is 5.30. The molecule has 2 rings (SSSR count). The van der Waals surface area contributed by atoms with E-state index in [0.29, 0.717) is 5.41 Å². The van der Waals surface area contributed by atoms with Crippen LogP contribution in [0.15, 0.2) is 0 Å². The second-order valence-electron chi connectivity index (χ2n) is 5.30. The maximum absolute atomic E-state index is 3.68. The van der Waals surface area contributed by atoms with Gasteiger partial charge in [0.1, 0.15) is 0 Å². The van der Waals surface area contributed by atoms with Crippen molar-refractivity contribution in [3.63, 3.8) is 0 Å². The van der Waals surface area contributed by atoms with Crippen LogP contribution >= 0.6 is 0 Å². The van der Waals surface area contributed by atoms with Crippen LogP contribution in [0.5, 0.6) is 0 Å². The molecule has 0 aromatic carbocycles. The van der Waals surface area contributed by atoms with Crippen LogP contribution in [0.1, 0.15) is 52.4 Å². The average molecular weight is 181 g/mol. The highest BCUT2D eigenvalue weighted by Gasteiger charge is 2.45. The lowest BCUT2D eigenvalue weighted by Crippen LogP contribution is -2.38. The molecule has 0 spiro atoms. The van der Waals surface area contributed by atoms with Crippen LogP contribution in [0, 0.1) is 11.3 Å². The lowest BCUT2D eigenvalue weighted by molar-refractivity contribution is 0.221. The van der Waals surface area contributed by atoms with Crippen molar-refractivity contribution in [2.75, 3.05) is 6.54 Å². The zero-order valence-electron chi connectivity index (χ0n) is 9.10. The fraction of sp³-hybridized carbons (Fsp3) is 1.00. The largest absolute Gasteiger partial charge is 0.314 e. The second kappa shape index (κ2) is 3.61. The summed E-state index contributed by atoms with van der Waals surface area (Å²) in [6.07, 6.45) is 8.84. The molecule has 0 radical (unpaired) electrons. The van der Waals surface area contributed by atoms with Crippen molar-refractivity contribution >= 4 is 0 Å². The van der Waals surface area contributed by atoms with Crippen LogP contribution in [0.2, 0.25) is 0 Å². The lowest BCUT2D eigenvalue weighted by Gasteiger charge is -2.33. The van der Waals surface area contributed by atoms with Crippen molar-refractivity contribution in [1.29, 1.82) is 0 Å². The average Bonchev–Trinajstić information content (AvgIpc) is 2.74. The topological polar surface area (TPSA) is 12.0 Å². The molecule has 2 aliphatic carbocycles. The van der Waals surface area contributed by atoms with E-state index in [1.165, 1.54) is 38.5 Å². The van der Waals surface area contributed by atoms with Gasteiger partial charge in [-0.25, -0.2) is 0 Å². The molecule has 1 N–H and O–H groups in total. The Morgan fingerprint density at radius 1 is 1.38 bits per heavy atom. The summed E-state index contributed by atoms with van der Waals surface area (Å²) < 4.78 is 0. The first-order chi connectivity index (χ1) is 6.24. The molecule has 0 bridgehead atoms. The van der Waals surface area contributed by atoms with E-state index in [9.17, 15) is 0 Å². The Bertz CT molecular complexity index is 168. The first-order valence-corrected chi connectivity index (χ1v) is 5.98. The molecule has 2 saturated carbocycles. The zero-order chi connectivity index (χ0) is 9.31. The predicted octanol–water partition coefficient (Wildman–Crippen LogP) is 2.95. The van der Waals surface area contributed by atoms with Gasteiger partial charge in [0, 0.05) is 6.04 Å². The van der Waals surface area contributed by atoms with E-state index in [1.807, 2.05) is 0 Å². The molecule has 1 atom stereocenters. The van der Waals surface area contributed by atoms with Crippen molar-refractivity contribution in [1.82, 2.24) is 5.32 Å². The monoisotopic (exact) mass is 181 g/mol. The van der Waals surface area contributed by atoms with Gasteiger partial charge in [-0.05, 0) is 37.1 Å². The highest BCUT2D eigenvalue weighted by Crippen LogP contribution is 2.50. The van der Waals surface area contributed by atoms with Crippen LogP contribution in [0.3, 0.4) is 0 Å². The van der Waals surface area contributed by atoms with Crippen molar-refractivity contribution in [2.45, 2.75) is 58.4 Å². The van der Waals surface area contributed by atoms with Gasteiger partial charge in [0.25, 0.3) is 0 Å². The van der Waals surface area contributed by atoms with Crippen LogP contribution in [-0.4, -0.2) is 12.6 Å². The summed E-state index contributed by atoms with van der Waals surface area (Å²) in [5, 5.41) is 3.68. The lowest BCUT2D eigenvalue weighted by atomic mass is 9.78. The standard InChI is InChI=1S/C12H23N/c1-3-13-11(12(2)7-8-12)9-10-5-4-6-10/h10-11,13H,3-9H2,1-2H3. The summed E-state index contributed by atoms with van der Waals surface area (Å²) in [5.74, 6) is 1.06. The molecule has 1 nitrogen and oxygen atoms in total. The number of rotatable bonds is 5. The highest BCUT2D eigenvalue weighted by molar-refractivity contribution is 4.99. The van der Waals surface area contributed by atoms with E-state index in [4.69, 9.17) is 0 Å². The van der Waals surface area contributed by atoms with Crippen LogP contribution in [0.4, 0.5) is 0 Å². The molecular formula is C12H23N. The van der Waals surface area contributed by atoms with Gasteiger partial charge in [-0.3, -0.25) is 0 Å². The molecule has 0 saturated heterocycles. The highest BCUT2D eigenvalue weighted by atomic mass is 14.9. The Hall–Kier alpha value is -0.0400. The molecular weight excluding hydrogens is 158 g/mol. The maximum atomic E-state index is 3.68. The van der Waals surface area contributed by atoms with Gasteiger partial charge >= 0.3 is 0 Å². The third-order valence-electron chi connectivity index (χ3n) is 4.12. The smallest absolute Gasteiger partial charge is 0.0123 e. The molecule has 2 fully saturated rings. The normalized spacial score (nSPS) is 28.2. The minimum Gasteiger partial charge on any atom is -0.314 e. The summed E-state index contributed by atoms with van der Waals surface area (Å²) in [4.78, 5) is 0. The van der Waals surface area contributed by atoms with E-state index in [1.54, 1.807) is 0 Å². The Morgan fingerprint density at radius 3 is 2.46 bits per heavy atom. The van der Waals surface area contributed by atoms with E-state index < -0.39 is 0 Å². The van der Waals surface area contributed by atoms with Gasteiger partial charge < -0.3 is 5.32 Å². The van der Waals surface area contributed by atoms with Gasteiger partial charge in [0.05, 0.1) is 0 Å². The summed E-state index contributed by atoms with van der Waals surface area (Å²) >= 11 is 0. The quantitative estimate of drug-likeness (QED) is 0.687. The van der Waals surface area contributed by atoms with Gasteiger partial charge in [-0.15, -0.1) is 0 Å². The molecule has 76 valence electrons. The minimum absolute atomic E-state index is 0.672. The van der Waals surface area contributed by atoms with Crippen LogP contribution in [-0.2, 0) is 0 Å². The summed E-state index contributed by atoms with van der Waals surface area (Å²) in [5.41, 5.74) is 0.672. The molecule has 2 aliphatic rings. The van der Waals surface area contributed by atoms with E-state index in [-0.39, 0.29) is 0 Å². The van der Waals surface area contributed by atoms with Gasteiger partial charge in [-0.2, -0.15) is 0 Å². The number of nitrogens with one attached hydrogen (secondary N) is 1. The third kappa shape index (κ3) is 2.07. The molecule has 0 heterocycles. The molecule has 1 heteroatoms. The molecule has 0 aromatic rings. The molecule has 0 aliphatic heterocycles.